The van der Waals surface area contributed by atoms with Crippen molar-refractivity contribution in [1.29, 1.82) is 0 Å². The highest BCUT2D eigenvalue weighted by atomic mass is 35.5. The molecule has 0 saturated carbocycles. The predicted molar refractivity (Wildman–Crippen MR) is 185 cm³/mol. The van der Waals surface area contributed by atoms with Crippen LogP contribution in [0.25, 0.3) is 22.7 Å². The summed E-state index contributed by atoms with van der Waals surface area (Å²) >= 11 is 14.0. The van der Waals surface area contributed by atoms with Crippen molar-refractivity contribution >= 4 is 63.2 Å². The van der Waals surface area contributed by atoms with Crippen molar-refractivity contribution in [2.24, 2.45) is 4.99 Å². The standard InChI is InChI=1S/C37H27Cl2N3O3S/c1-2-45-36(44)32-33(23-11-5-3-6-12-23)40-37-42(34(32)24-13-7-4-8-14-24)35(43)31(46-37)19-26-22-41(30-16-10-9-15-28(26)30)21-25-17-18-27(38)20-29(25)39/h3-20,22,34H,2,21H2,1H3/b31-19-/t34-/m0/s1. The number of halogens is 2. The fourth-order valence-electron chi connectivity index (χ4n) is 5.89. The van der Waals surface area contributed by atoms with Crippen molar-refractivity contribution in [2.45, 2.75) is 19.5 Å². The lowest BCUT2D eigenvalue weighted by Crippen LogP contribution is -2.39. The summed E-state index contributed by atoms with van der Waals surface area (Å²) in [6, 6.07) is 31.9. The molecule has 6 nitrogen and oxygen atoms in total. The van der Waals surface area contributed by atoms with Crippen molar-refractivity contribution in [1.82, 2.24) is 9.13 Å². The van der Waals surface area contributed by atoms with E-state index in [1.807, 2.05) is 109 Å². The zero-order chi connectivity index (χ0) is 31.8. The lowest BCUT2D eigenvalue weighted by atomic mass is 9.93. The van der Waals surface area contributed by atoms with Crippen LogP contribution in [0, 0.1) is 0 Å². The fourth-order valence-corrected chi connectivity index (χ4v) is 7.35. The van der Waals surface area contributed by atoms with Crippen LogP contribution in [-0.2, 0) is 16.1 Å². The van der Waals surface area contributed by atoms with E-state index < -0.39 is 12.0 Å². The number of hydrogen-bond donors (Lipinski definition) is 0. The van der Waals surface area contributed by atoms with Crippen LogP contribution in [0.4, 0.5) is 0 Å². The first-order chi connectivity index (χ1) is 22.4. The number of rotatable bonds is 7. The van der Waals surface area contributed by atoms with Crippen molar-refractivity contribution in [3.63, 3.8) is 0 Å². The molecule has 0 saturated heterocycles. The second-order valence-electron chi connectivity index (χ2n) is 10.8. The maximum absolute atomic E-state index is 14.4. The van der Waals surface area contributed by atoms with Crippen molar-refractivity contribution < 1.29 is 9.53 Å². The number of thiazole rings is 1. The topological polar surface area (TPSA) is 65.6 Å². The molecule has 2 aromatic heterocycles. The molecule has 3 heterocycles. The first kappa shape index (κ1) is 30.0. The molecule has 4 aromatic carbocycles. The lowest BCUT2D eigenvalue weighted by Gasteiger charge is -2.25. The van der Waals surface area contributed by atoms with Gasteiger partial charge in [0.05, 0.1) is 28.5 Å². The quantitative estimate of drug-likeness (QED) is 0.169. The third kappa shape index (κ3) is 5.51. The van der Waals surface area contributed by atoms with E-state index in [4.69, 9.17) is 32.9 Å². The molecule has 228 valence electrons. The van der Waals surface area contributed by atoms with Gasteiger partial charge in [-0.2, -0.15) is 0 Å². The van der Waals surface area contributed by atoms with Gasteiger partial charge < -0.3 is 9.30 Å². The number of benzene rings is 4. The monoisotopic (exact) mass is 663 g/mol. The van der Waals surface area contributed by atoms with Crippen molar-refractivity contribution in [3.8, 4) is 0 Å². The van der Waals surface area contributed by atoms with E-state index in [9.17, 15) is 9.59 Å². The van der Waals surface area contributed by atoms with E-state index >= 15 is 0 Å². The van der Waals surface area contributed by atoms with Crippen LogP contribution in [0.1, 0.15) is 35.2 Å². The van der Waals surface area contributed by atoms with Crippen molar-refractivity contribution in [3.05, 3.63) is 167 Å². The predicted octanol–water partition coefficient (Wildman–Crippen LogP) is 7.25. The van der Waals surface area contributed by atoms with Crippen molar-refractivity contribution in [2.75, 3.05) is 6.61 Å². The summed E-state index contributed by atoms with van der Waals surface area (Å²) in [5.74, 6) is -0.503. The van der Waals surface area contributed by atoms with Crippen LogP contribution in [0.5, 0.6) is 0 Å². The average Bonchev–Trinajstić information content (AvgIpc) is 3.58. The normalized spacial score (nSPS) is 14.8. The fraction of sp³-hybridized carbons (Fsp3) is 0.108. The van der Waals surface area contributed by atoms with Gasteiger partial charge in [0.2, 0.25) is 0 Å². The van der Waals surface area contributed by atoms with Gasteiger partial charge in [0.15, 0.2) is 4.80 Å². The summed E-state index contributed by atoms with van der Waals surface area (Å²) in [4.78, 5) is 33.5. The van der Waals surface area contributed by atoms with Gasteiger partial charge in [-0.15, -0.1) is 0 Å². The average molecular weight is 665 g/mol. The second-order valence-corrected chi connectivity index (χ2v) is 12.7. The Kier molecular flexibility index (Phi) is 8.21. The largest absolute Gasteiger partial charge is 0.463 e. The number of esters is 1. The molecule has 7 rings (SSSR count). The molecular weight excluding hydrogens is 637 g/mol. The zero-order valence-electron chi connectivity index (χ0n) is 24.7. The van der Waals surface area contributed by atoms with Crippen LogP contribution >= 0.6 is 34.5 Å². The van der Waals surface area contributed by atoms with E-state index in [-0.39, 0.29) is 12.2 Å². The molecular formula is C37H27Cl2N3O3S. The van der Waals surface area contributed by atoms with Crippen LogP contribution in [0.3, 0.4) is 0 Å². The minimum Gasteiger partial charge on any atom is -0.463 e. The summed E-state index contributed by atoms with van der Waals surface area (Å²) < 4.78 is 9.80. The third-order valence-corrected chi connectivity index (χ3v) is 9.52. The number of hydrogen-bond acceptors (Lipinski definition) is 5. The van der Waals surface area contributed by atoms with Crippen LogP contribution < -0.4 is 14.9 Å². The highest BCUT2D eigenvalue weighted by Gasteiger charge is 2.35. The van der Waals surface area contributed by atoms with Crippen LogP contribution in [0.2, 0.25) is 10.0 Å². The van der Waals surface area contributed by atoms with E-state index in [0.29, 0.717) is 37.2 Å². The Hall–Kier alpha value is -4.69. The molecule has 46 heavy (non-hydrogen) atoms. The molecule has 1 atom stereocenters. The molecule has 0 N–H and O–H groups in total. The summed E-state index contributed by atoms with van der Waals surface area (Å²) in [6.07, 6.45) is 3.94. The van der Waals surface area contributed by atoms with Gasteiger partial charge in [-0.3, -0.25) is 9.36 Å². The summed E-state index contributed by atoms with van der Waals surface area (Å²) in [7, 11) is 0. The Balaban J connectivity index is 1.44. The molecule has 1 aliphatic heterocycles. The van der Waals surface area contributed by atoms with Gasteiger partial charge >= 0.3 is 5.97 Å². The van der Waals surface area contributed by atoms with E-state index in [2.05, 4.69) is 4.57 Å². The van der Waals surface area contributed by atoms with E-state index in [0.717, 1.165) is 33.2 Å². The van der Waals surface area contributed by atoms with Crippen LogP contribution in [0.15, 0.2) is 125 Å². The molecule has 0 aliphatic carbocycles. The number of carbonyl (C=O) groups is 1. The van der Waals surface area contributed by atoms with E-state index in [1.165, 1.54) is 11.3 Å². The number of ether oxygens (including phenoxy) is 1. The smallest absolute Gasteiger partial charge is 0.338 e. The Labute approximate surface area is 278 Å². The van der Waals surface area contributed by atoms with Gasteiger partial charge in [0.1, 0.15) is 0 Å². The molecule has 9 heteroatoms. The lowest BCUT2D eigenvalue weighted by molar-refractivity contribution is -0.138. The maximum Gasteiger partial charge on any atom is 0.338 e. The third-order valence-electron chi connectivity index (χ3n) is 7.95. The molecule has 1 aliphatic rings. The first-order valence-electron chi connectivity index (χ1n) is 14.8. The summed E-state index contributed by atoms with van der Waals surface area (Å²) in [5, 5.41) is 2.17. The molecule has 0 amide bonds. The Morgan fingerprint density at radius 2 is 1.67 bits per heavy atom. The molecule has 0 spiro atoms. The number of para-hydroxylation sites is 1. The molecule has 0 bridgehead atoms. The van der Waals surface area contributed by atoms with Gasteiger partial charge in [-0.1, -0.05) is 119 Å². The Bertz CT molecular complexity index is 2320. The number of carbonyl (C=O) groups excluding carboxylic acids is 1. The Morgan fingerprint density at radius 1 is 0.957 bits per heavy atom. The number of fused-ring (bicyclic) bond motifs is 2. The minimum atomic E-state index is -0.720. The van der Waals surface area contributed by atoms with Crippen LogP contribution in [-0.4, -0.2) is 21.7 Å². The summed E-state index contributed by atoms with van der Waals surface area (Å²) in [5.41, 5.74) is 4.98. The molecule has 0 fully saturated rings. The minimum absolute atomic E-state index is 0.196. The second kappa shape index (κ2) is 12.6. The summed E-state index contributed by atoms with van der Waals surface area (Å²) in [6.45, 7) is 2.50. The van der Waals surface area contributed by atoms with Gasteiger partial charge in [0.25, 0.3) is 5.56 Å². The highest BCUT2D eigenvalue weighted by molar-refractivity contribution is 7.07. The maximum atomic E-state index is 14.4. The number of aromatic nitrogens is 2. The SMILES string of the molecule is CCOC(=O)C1=C(c2ccccc2)N=c2s/c(=C\c3cn(Cc4ccc(Cl)cc4Cl)c4ccccc34)c(=O)n2[C@H]1c1ccccc1. The Morgan fingerprint density at radius 3 is 2.41 bits per heavy atom. The molecule has 0 radical (unpaired) electrons. The molecule has 6 aromatic rings. The highest BCUT2D eigenvalue weighted by Crippen LogP contribution is 2.35. The van der Waals surface area contributed by atoms with Gasteiger partial charge in [0, 0.05) is 44.8 Å². The first-order valence-corrected chi connectivity index (χ1v) is 16.4. The van der Waals surface area contributed by atoms with E-state index in [1.54, 1.807) is 17.6 Å². The number of nitrogens with zero attached hydrogens (tertiary/aromatic N) is 3. The van der Waals surface area contributed by atoms with Gasteiger partial charge in [-0.25, -0.2) is 9.79 Å². The zero-order valence-corrected chi connectivity index (χ0v) is 27.0. The molecule has 0 unspecified atom stereocenters. The van der Waals surface area contributed by atoms with Gasteiger partial charge in [-0.05, 0) is 42.3 Å².